The van der Waals surface area contributed by atoms with Crippen molar-refractivity contribution in [2.45, 2.75) is 63.1 Å². The molecule has 0 aliphatic heterocycles. The maximum atomic E-state index is 3.69. The van der Waals surface area contributed by atoms with Gasteiger partial charge in [0.1, 0.15) is 0 Å². The fourth-order valence-corrected chi connectivity index (χ4v) is 3.13. The van der Waals surface area contributed by atoms with Crippen LogP contribution in [0.5, 0.6) is 0 Å². The molecule has 0 N–H and O–H groups in total. The van der Waals surface area contributed by atoms with E-state index in [0.29, 0.717) is 0 Å². The third-order valence-corrected chi connectivity index (χ3v) is 3.67. The van der Waals surface area contributed by atoms with Crippen LogP contribution in [0.3, 0.4) is 0 Å². The van der Waals surface area contributed by atoms with Crippen LogP contribution in [0, 0.1) is 0 Å². The third-order valence-electron chi connectivity index (χ3n) is 2.29. The van der Waals surface area contributed by atoms with E-state index in [1.54, 1.807) is 0 Å². The van der Waals surface area contributed by atoms with Gasteiger partial charge in [-0.15, -0.1) is 0 Å². The van der Waals surface area contributed by atoms with E-state index >= 15 is 0 Å². The highest BCUT2D eigenvalue weighted by atomic mass is 79.9. The fourth-order valence-electron chi connectivity index (χ4n) is 1.41. The standard InChI is InChI=1S/C11H22Br2/c1-2-3-4-5-6-7-8-11(13)9-10-12/h11H,2-10H2,1H3. The average molecular weight is 314 g/mol. The van der Waals surface area contributed by atoms with Gasteiger partial charge < -0.3 is 0 Å². The lowest BCUT2D eigenvalue weighted by molar-refractivity contribution is 0.581. The number of alkyl halides is 2. The molecule has 0 heterocycles. The van der Waals surface area contributed by atoms with Crippen LogP contribution >= 0.6 is 31.9 Å². The number of hydrogen-bond donors (Lipinski definition) is 0. The van der Waals surface area contributed by atoms with Crippen molar-refractivity contribution in [2.24, 2.45) is 0 Å². The lowest BCUT2D eigenvalue weighted by atomic mass is 10.1. The summed E-state index contributed by atoms with van der Waals surface area (Å²) in [5.74, 6) is 0. The summed E-state index contributed by atoms with van der Waals surface area (Å²) in [6, 6.07) is 0. The number of hydrogen-bond acceptors (Lipinski definition) is 0. The van der Waals surface area contributed by atoms with Crippen molar-refractivity contribution in [3.8, 4) is 0 Å². The quantitative estimate of drug-likeness (QED) is 0.401. The summed E-state index contributed by atoms with van der Waals surface area (Å²) in [6.45, 7) is 2.27. The van der Waals surface area contributed by atoms with Crippen LogP contribution in [-0.4, -0.2) is 10.2 Å². The molecule has 0 aromatic heterocycles. The Balaban J connectivity index is 2.97. The van der Waals surface area contributed by atoms with E-state index < -0.39 is 0 Å². The summed E-state index contributed by atoms with van der Waals surface area (Å²) in [4.78, 5) is 0.734. The summed E-state index contributed by atoms with van der Waals surface area (Å²) in [5.41, 5.74) is 0. The van der Waals surface area contributed by atoms with Crippen molar-refractivity contribution < 1.29 is 0 Å². The molecule has 0 nitrogen and oxygen atoms in total. The van der Waals surface area contributed by atoms with Gasteiger partial charge in [-0.25, -0.2) is 0 Å². The first-order valence-corrected chi connectivity index (χ1v) is 7.55. The molecular weight excluding hydrogens is 292 g/mol. The Morgan fingerprint density at radius 3 is 2.15 bits per heavy atom. The molecule has 0 amide bonds. The van der Waals surface area contributed by atoms with Gasteiger partial charge >= 0.3 is 0 Å². The zero-order valence-electron chi connectivity index (χ0n) is 8.70. The Bertz CT molecular complexity index is 94.1. The predicted octanol–water partition coefficient (Wildman–Crippen LogP) is 5.29. The van der Waals surface area contributed by atoms with E-state index in [4.69, 9.17) is 0 Å². The van der Waals surface area contributed by atoms with Gasteiger partial charge in [-0.05, 0) is 12.8 Å². The second kappa shape index (κ2) is 11.0. The summed E-state index contributed by atoms with van der Waals surface area (Å²) in [5, 5.41) is 1.12. The van der Waals surface area contributed by atoms with Crippen LogP contribution in [0.2, 0.25) is 0 Å². The molecule has 2 heteroatoms. The van der Waals surface area contributed by atoms with Gasteiger partial charge in [-0.1, -0.05) is 77.3 Å². The second-order valence-electron chi connectivity index (χ2n) is 3.63. The molecule has 1 atom stereocenters. The molecule has 0 saturated carbocycles. The minimum atomic E-state index is 0.734. The second-order valence-corrected chi connectivity index (χ2v) is 5.72. The van der Waals surface area contributed by atoms with Crippen LogP contribution in [0.15, 0.2) is 0 Å². The summed E-state index contributed by atoms with van der Waals surface area (Å²) in [7, 11) is 0. The van der Waals surface area contributed by atoms with Gasteiger partial charge in [-0.3, -0.25) is 0 Å². The zero-order chi connectivity index (χ0) is 9.94. The molecule has 0 saturated heterocycles. The highest BCUT2D eigenvalue weighted by Gasteiger charge is 2.01. The Hall–Kier alpha value is 0.960. The molecule has 0 radical (unpaired) electrons. The summed E-state index contributed by atoms with van der Waals surface area (Å²) >= 11 is 7.15. The van der Waals surface area contributed by atoms with Gasteiger partial charge in [0.05, 0.1) is 0 Å². The maximum Gasteiger partial charge on any atom is 0.0153 e. The van der Waals surface area contributed by atoms with Crippen LogP contribution < -0.4 is 0 Å². The average Bonchev–Trinajstić information content (AvgIpc) is 2.11. The normalized spacial score (nSPS) is 13.2. The van der Waals surface area contributed by atoms with Gasteiger partial charge in [0, 0.05) is 10.2 Å². The van der Waals surface area contributed by atoms with Crippen LogP contribution in [0.25, 0.3) is 0 Å². The SMILES string of the molecule is CCCCCCCCC(Br)CCBr. The van der Waals surface area contributed by atoms with Crippen LogP contribution in [-0.2, 0) is 0 Å². The topological polar surface area (TPSA) is 0 Å². The number of halogens is 2. The summed E-state index contributed by atoms with van der Waals surface area (Å²) in [6.07, 6.45) is 11.1. The Kier molecular flexibility index (Phi) is 11.9. The van der Waals surface area contributed by atoms with Crippen molar-refractivity contribution in [1.82, 2.24) is 0 Å². The van der Waals surface area contributed by atoms with Crippen molar-refractivity contribution >= 4 is 31.9 Å². The molecule has 80 valence electrons. The van der Waals surface area contributed by atoms with Gasteiger partial charge in [-0.2, -0.15) is 0 Å². The Morgan fingerprint density at radius 1 is 0.923 bits per heavy atom. The molecule has 1 unspecified atom stereocenters. The van der Waals surface area contributed by atoms with E-state index in [9.17, 15) is 0 Å². The minimum absolute atomic E-state index is 0.734. The number of unbranched alkanes of at least 4 members (excludes halogenated alkanes) is 5. The van der Waals surface area contributed by atoms with E-state index in [2.05, 4.69) is 38.8 Å². The molecule has 0 fully saturated rings. The van der Waals surface area contributed by atoms with Crippen molar-refractivity contribution in [3.63, 3.8) is 0 Å². The Morgan fingerprint density at radius 2 is 1.54 bits per heavy atom. The van der Waals surface area contributed by atoms with E-state index in [1.165, 1.54) is 51.4 Å². The molecule has 0 aromatic rings. The van der Waals surface area contributed by atoms with E-state index in [0.717, 1.165) is 10.2 Å². The largest absolute Gasteiger partial charge is 0.0928 e. The highest BCUT2D eigenvalue weighted by molar-refractivity contribution is 9.10. The highest BCUT2D eigenvalue weighted by Crippen LogP contribution is 2.16. The molecule has 0 bridgehead atoms. The maximum absolute atomic E-state index is 3.69. The van der Waals surface area contributed by atoms with E-state index in [-0.39, 0.29) is 0 Å². The Labute approximate surface area is 100 Å². The van der Waals surface area contributed by atoms with E-state index in [1.807, 2.05) is 0 Å². The van der Waals surface area contributed by atoms with Gasteiger partial charge in [0.2, 0.25) is 0 Å². The predicted molar refractivity (Wildman–Crippen MR) is 69.1 cm³/mol. The van der Waals surface area contributed by atoms with Crippen molar-refractivity contribution in [3.05, 3.63) is 0 Å². The summed E-state index contributed by atoms with van der Waals surface area (Å²) < 4.78 is 0. The molecule has 0 aliphatic carbocycles. The molecular formula is C11H22Br2. The van der Waals surface area contributed by atoms with Crippen molar-refractivity contribution in [1.29, 1.82) is 0 Å². The fraction of sp³-hybridized carbons (Fsp3) is 1.00. The van der Waals surface area contributed by atoms with Crippen LogP contribution in [0.4, 0.5) is 0 Å². The first-order valence-electron chi connectivity index (χ1n) is 5.51. The molecule has 13 heavy (non-hydrogen) atoms. The first-order chi connectivity index (χ1) is 6.31. The first kappa shape index (κ1) is 14.0. The van der Waals surface area contributed by atoms with Gasteiger partial charge in [0.15, 0.2) is 0 Å². The van der Waals surface area contributed by atoms with Crippen molar-refractivity contribution in [2.75, 3.05) is 5.33 Å². The molecule has 0 aliphatic rings. The van der Waals surface area contributed by atoms with Crippen LogP contribution in [0.1, 0.15) is 58.3 Å². The lowest BCUT2D eigenvalue weighted by Crippen LogP contribution is -1.97. The molecule has 0 rings (SSSR count). The lowest BCUT2D eigenvalue weighted by Gasteiger charge is -2.06. The third kappa shape index (κ3) is 10.9. The van der Waals surface area contributed by atoms with Gasteiger partial charge in [0.25, 0.3) is 0 Å². The minimum Gasteiger partial charge on any atom is -0.0928 e. The monoisotopic (exact) mass is 312 g/mol. The zero-order valence-corrected chi connectivity index (χ0v) is 11.9. The molecule has 0 spiro atoms. The smallest absolute Gasteiger partial charge is 0.0153 e. The number of rotatable bonds is 9. The molecule has 0 aromatic carbocycles.